The number of nitrogens with zero attached hydrogens (tertiary/aromatic N) is 1. The Labute approximate surface area is 198 Å². The number of quaternary nitrogens is 1. The number of carbonyl (C=O) groups is 1. The zero-order valence-corrected chi connectivity index (χ0v) is 19.6. The number of alkyl halides is 12. The summed E-state index contributed by atoms with van der Waals surface area (Å²) in [5, 5.41) is 8.73. The number of carboxylic acid groups (broad SMARTS) is 1. The van der Waals surface area contributed by atoms with E-state index < -0.39 is 77.0 Å². The lowest BCUT2D eigenvalue weighted by atomic mass is 9.86. The van der Waals surface area contributed by atoms with Crippen LogP contribution in [-0.2, 0) is 14.8 Å². The maximum Gasteiger partial charge on any atom is 0.431 e. The predicted molar refractivity (Wildman–Crippen MR) is 100 cm³/mol. The monoisotopic (exact) mass is 581 g/mol. The summed E-state index contributed by atoms with van der Waals surface area (Å²) < 4.78 is 182. The van der Waals surface area contributed by atoms with Gasteiger partial charge in [0.05, 0.1) is 32.3 Å². The highest BCUT2D eigenvalue weighted by Crippen LogP contribution is 2.53. The molecule has 0 aliphatic rings. The minimum atomic E-state index is -6.89. The standard InChI is InChI=1S/C17H24F12N2O4S/c1-31(2,10-12(32)33)6-3-5-30-36(34,35)7-4-13(18,19)8-11(15(21,22)23)9-14(20,16(24,25)26)17(27,28)29/h11,30H,3-10H2,1-2H3/p+1. The molecule has 0 heterocycles. The summed E-state index contributed by atoms with van der Waals surface area (Å²) in [6.07, 6.45) is -27.9. The summed E-state index contributed by atoms with van der Waals surface area (Å²) in [7, 11) is -1.60. The van der Waals surface area contributed by atoms with E-state index >= 15 is 0 Å². The molecule has 6 nitrogen and oxygen atoms in total. The summed E-state index contributed by atoms with van der Waals surface area (Å²) in [5.41, 5.74) is -6.43. The number of sulfonamides is 1. The predicted octanol–water partition coefficient (Wildman–Crippen LogP) is 4.27. The fourth-order valence-corrected chi connectivity index (χ4v) is 4.20. The Bertz CT molecular complexity index is 824. The van der Waals surface area contributed by atoms with Gasteiger partial charge in [-0.25, -0.2) is 31.1 Å². The van der Waals surface area contributed by atoms with Crippen molar-refractivity contribution in [1.29, 1.82) is 0 Å². The van der Waals surface area contributed by atoms with Crippen LogP contribution < -0.4 is 4.72 Å². The molecule has 0 aromatic rings. The number of carboxylic acids is 1. The fraction of sp³-hybridized carbons (Fsp3) is 0.941. The average Bonchev–Trinajstić information content (AvgIpc) is 2.59. The Hall–Kier alpha value is -1.50. The molecule has 0 aliphatic heterocycles. The summed E-state index contributed by atoms with van der Waals surface area (Å²) in [5.74, 6) is -11.5. The van der Waals surface area contributed by atoms with Crippen molar-refractivity contribution >= 4 is 16.0 Å². The van der Waals surface area contributed by atoms with Crippen molar-refractivity contribution < 1.29 is 75.5 Å². The van der Waals surface area contributed by atoms with E-state index in [1.807, 2.05) is 4.72 Å². The zero-order chi connectivity index (χ0) is 29.0. The lowest BCUT2D eigenvalue weighted by Crippen LogP contribution is -2.55. The minimum Gasteiger partial charge on any atom is -0.477 e. The highest BCUT2D eigenvalue weighted by molar-refractivity contribution is 7.89. The molecule has 1 unspecified atom stereocenters. The second-order valence-electron chi connectivity index (χ2n) is 8.83. The van der Waals surface area contributed by atoms with Crippen LogP contribution in [0.3, 0.4) is 0 Å². The molecule has 0 saturated carbocycles. The van der Waals surface area contributed by atoms with E-state index in [-0.39, 0.29) is 30.5 Å². The van der Waals surface area contributed by atoms with Gasteiger partial charge < -0.3 is 9.59 Å². The van der Waals surface area contributed by atoms with Crippen LogP contribution in [0.2, 0.25) is 0 Å². The van der Waals surface area contributed by atoms with Crippen molar-refractivity contribution in [1.82, 2.24) is 4.72 Å². The van der Waals surface area contributed by atoms with E-state index in [0.717, 1.165) is 0 Å². The number of hydrogen-bond donors (Lipinski definition) is 2. The lowest BCUT2D eigenvalue weighted by Gasteiger charge is -2.34. The van der Waals surface area contributed by atoms with Crippen molar-refractivity contribution in [3.8, 4) is 0 Å². The maximum atomic E-state index is 14.0. The van der Waals surface area contributed by atoms with Gasteiger partial charge in [0, 0.05) is 32.2 Å². The maximum absolute atomic E-state index is 14.0. The van der Waals surface area contributed by atoms with Crippen molar-refractivity contribution in [2.24, 2.45) is 5.92 Å². The first kappa shape index (κ1) is 34.5. The first-order valence-corrected chi connectivity index (χ1v) is 11.6. The lowest BCUT2D eigenvalue weighted by molar-refractivity contribution is -0.883. The van der Waals surface area contributed by atoms with Gasteiger partial charge in [-0.2, -0.15) is 39.5 Å². The molecule has 0 bridgehead atoms. The van der Waals surface area contributed by atoms with Crippen molar-refractivity contribution in [3.63, 3.8) is 0 Å². The molecule has 0 radical (unpaired) electrons. The second-order valence-corrected chi connectivity index (χ2v) is 10.8. The molecule has 0 aromatic heterocycles. The summed E-state index contributed by atoms with van der Waals surface area (Å²) in [6.45, 7) is -0.605. The van der Waals surface area contributed by atoms with Gasteiger partial charge in [0.2, 0.25) is 15.9 Å². The van der Waals surface area contributed by atoms with Gasteiger partial charge in [0.25, 0.3) is 5.67 Å². The molecule has 0 spiro atoms. The Morgan fingerprint density at radius 1 is 0.889 bits per heavy atom. The van der Waals surface area contributed by atoms with Crippen LogP contribution in [0.15, 0.2) is 0 Å². The summed E-state index contributed by atoms with van der Waals surface area (Å²) >= 11 is 0. The van der Waals surface area contributed by atoms with Crippen molar-refractivity contribution in [2.75, 3.05) is 39.5 Å². The molecule has 0 aromatic carbocycles. The third-order valence-corrected chi connectivity index (χ3v) is 6.38. The number of likely N-dealkylation sites (N-methyl/N-ethyl adjacent to an activating group) is 1. The smallest absolute Gasteiger partial charge is 0.431 e. The van der Waals surface area contributed by atoms with Gasteiger partial charge >= 0.3 is 24.5 Å². The molecular weight excluding hydrogens is 556 g/mol. The molecule has 0 saturated heterocycles. The number of nitrogens with one attached hydrogen (secondary N) is 1. The zero-order valence-electron chi connectivity index (χ0n) is 18.8. The van der Waals surface area contributed by atoms with Gasteiger partial charge in [-0.15, -0.1) is 0 Å². The number of rotatable bonds is 14. The number of aliphatic carboxylic acids is 1. The SMILES string of the molecule is C[N+](C)(CCCNS(=O)(=O)CCC(F)(F)CC(CC(F)(C(F)(F)F)C(F)(F)F)C(F)(F)F)CC(=O)O. The Balaban J connectivity index is 5.28. The van der Waals surface area contributed by atoms with Gasteiger partial charge in [-0.3, -0.25) is 0 Å². The van der Waals surface area contributed by atoms with Crippen molar-refractivity contribution in [3.05, 3.63) is 0 Å². The minimum absolute atomic E-state index is 0.0134. The molecule has 1 atom stereocenters. The van der Waals surface area contributed by atoms with Crippen LogP contribution in [-0.4, -0.2) is 93.6 Å². The highest BCUT2D eigenvalue weighted by Gasteiger charge is 2.74. The van der Waals surface area contributed by atoms with E-state index in [0.29, 0.717) is 0 Å². The van der Waals surface area contributed by atoms with E-state index in [4.69, 9.17) is 5.11 Å². The van der Waals surface area contributed by atoms with E-state index in [9.17, 15) is 65.9 Å². The van der Waals surface area contributed by atoms with Gasteiger partial charge in [-0.05, 0) is 0 Å². The molecule has 0 amide bonds. The molecule has 0 aliphatic carbocycles. The molecule has 0 fully saturated rings. The third kappa shape index (κ3) is 11.3. The van der Waals surface area contributed by atoms with Crippen molar-refractivity contribution in [2.45, 2.75) is 55.8 Å². The first-order chi connectivity index (χ1) is 15.6. The number of hydrogen-bond acceptors (Lipinski definition) is 3. The Morgan fingerprint density at radius 2 is 1.36 bits per heavy atom. The first-order valence-electron chi connectivity index (χ1n) is 9.92. The quantitative estimate of drug-likeness (QED) is 0.182. The van der Waals surface area contributed by atoms with E-state index in [2.05, 4.69) is 0 Å². The van der Waals surface area contributed by atoms with Crippen LogP contribution in [0.1, 0.15) is 25.7 Å². The second kappa shape index (κ2) is 11.5. The normalized spacial score (nSPS) is 15.7. The third-order valence-electron chi connectivity index (χ3n) is 5.00. The average molecular weight is 581 g/mol. The van der Waals surface area contributed by atoms with E-state index in [1.165, 1.54) is 14.1 Å². The Kier molecular flexibility index (Phi) is 11.0. The fourth-order valence-electron chi connectivity index (χ4n) is 3.03. The largest absolute Gasteiger partial charge is 0.477 e. The van der Waals surface area contributed by atoms with Crippen LogP contribution >= 0.6 is 0 Å². The van der Waals surface area contributed by atoms with Gasteiger partial charge in [-0.1, -0.05) is 0 Å². The van der Waals surface area contributed by atoms with Crippen LogP contribution in [0.5, 0.6) is 0 Å². The molecule has 19 heteroatoms. The molecule has 36 heavy (non-hydrogen) atoms. The molecule has 0 rings (SSSR count). The Morgan fingerprint density at radius 3 is 1.75 bits per heavy atom. The molecule has 2 N–H and O–H groups in total. The van der Waals surface area contributed by atoms with Crippen LogP contribution in [0.4, 0.5) is 52.7 Å². The molecular formula is C17H25F12N2O4S+. The van der Waals surface area contributed by atoms with E-state index in [1.54, 1.807) is 0 Å². The van der Waals surface area contributed by atoms with Crippen LogP contribution in [0, 0.1) is 5.92 Å². The summed E-state index contributed by atoms with van der Waals surface area (Å²) in [4.78, 5) is 10.7. The van der Waals surface area contributed by atoms with Crippen LogP contribution in [0.25, 0.3) is 0 Å². The molecule has 216 valence electrons. The van der Waals surface area contributed by atoms with Gasteiger partial charge in [0.1, 0.15) is 0 Å². The summed E-state index contributed by atoms with van der Waals surface area (Å²) in [6, 6.07) is 0. The highest BCUT2D eigenvalue weighted by atomic mass is 32.2. The topological polar surface area (TPSA) is 83.5 Å². The van der Waals surface area contributed by atoms with Gasteiger partial charge in [0.15, 0.2) is 6.54 Å². The number of halogens is 12.